The van der Waals surface area contributed by atoms with E-state index in [0.717, 1.165) is 0 Å². The number of hydrogen-bond acceptors (Lipinski definition) is 5. The summed E-state index contributed by atoms with van der Waals surface area (Å²) >= 11 is 12.7. The molecule has 0 spiro atoms. The number of hydrogen-bond donors (Lipinski definition) is 3. The lowest BCUT2D eigenvalue weighted by atomic mass is 10.00. The molecule has 0 aromatic heterocycles. The topological polar surface area (TPSA) is 111 Å². The fourth-order valence-corrected chi connectivity index (χ4v) is 4.09. The van der Waals surface area contributed by atoms with E-state index in [9.17, 15) is 19.5 Å². The fourth-order valence-electron chi connectivity index (χ4n) is 3.70. The summed E-state index contributed by atoms with van der Waals surface area (Å²) in [5.74, 6) is -1.67. The molecule has 1 aliphatic rings. The van der Waals surface area contributed by atoms with Crippen LogP contribution in [0.15, 0.2) is 47.5 Å². The molecular formula is C25H28Cl2N4O4. The lowest BCUT2D eigenvalue weighted by Crippen LogP contribution is -2.53. The summed E-state index contributed by atoms with van der Waals surface area (Å²) in [6, 6.07) is 11.1. The Morgan fingerprint density at radius 2 is 1.77 bits per heavy atom. The summed E-state index contributed by atoms with van der Waals surface area (Å²) < 4.78 is 0. The Morgan fingerprint density at radius 1 is 1.09 bits per heavy atom. The molecule has 3 amide bonds. The van der Waals surface area contributed by atoms with E-state index >= 15 is 0 Å². The van der Waals surface area contributed by atoms with E-state index in [2.05, 4.69) is 15.6 Å². The number of nitrogens with zero attached hydrogens (tertiary/aromatic N) is 2. The smallest absolute Gasteiger partial charge is 0.272 e. The fraction of sp³-hybridized carbons (Fsp3) is 0.360. The molecule has 0 radical (unpaired) electrons. The van der Waals surface area contributed by atoms with Gasteiger partial charge in [0.1, 0.15) is 12.1 Å². The zero-order valence-corrected chi connectivity index (χ0v) is 21.4. The quantitative estimate of drug-likeness (QED) is 0.522. The van der Waals surface area contributed by atoms with Gasteiger partial charge in [-0.25, -0.2) is 4.99 Å². The number of carbonyl (C=O) groups excluding carboxylic acids is 3. The highest BCUT2D eigenvalue weighted by Crippen LogP contribution is 2.31. The second kappa shape index (κ2) is 11.2. The molecule has 3 N–H and O–H groups in total. The molecule has 2 unspecified atom stereocenters. The molecule has 0 fully saturated rings. The van der Waals surface area contributed by atoms with Crippen LogP contribution >= 0.6 is 23.2 Å². The molecule has 3 rings (SSSR count). The minimum atomic E-state index is -1.29. The number of aliphatic hydroxyl groups is 1. The van der Waals surface area contributed by atoms with Crippen molar-refractivity contribution in [3.63, 3.8) is 0 Å². The summed E-state index contributed by atoms with van der Waals surface area (Å²) in [7, 11) is 1.58. The summed E-state index contributed by atoms with van der Waals surface area (Å²) in [5.41, 5.74) is 2.09. The van der Waals surface area contributed by atoms with Crippen molar-refractivity contribution in [3.8, 4) is 0 Å². The standard InChI is InChI=1S/C25H28Cl2N4O4/c1-13(2)11-20(32)24(34)28-14(3)23(33)30-22-25(35)31(4)19-10-9-15(26)12-17(19)21(29-22)16-7-5-6-8-18(16)27/h5-10,12-14,20,22,32H,11H2,1-4H3,(H,28,34)(H,30,33)/t14-,20?,22?/m0/s1. The Bertz CT molecular complexity index is 1170. The second-order valence-electron chi connectivity index (χ2n) is 8.80. The number of benzodiazepines with no additional fused rings is 1. The SMILES string of the molecule is CC(C)CC(O)C(=O)N[C@@H](C)C(=O)NC1N=C(c2ccccc2Cl)c2cc(Cl)ccc2N(C)C1=O. The number of nitrogens with one attached hydrogen (secondary N) is 2. The Labute approximate surface area is 214 Å². The highest BCUT2D eigenvalue weighted by Gasteiger charge is 2.33. The van der Waals surface area contributed by atoms with Gasteiger partial charge in [-0.2, -0.15) is 0 Å². The summed E-state index contributed by atoms with van der Waals surface area (Å²) in [5, 5.41) is 16.0. The monoisotopic (exact) mass is 518 g/mol. The Balaban J connectivity index is 1.93. The van der Waals surface area contributed by atoms with Crippen molar-refractivity contribution in [1.82, 2.24) is 10.6 Å². The van der Waals surface area contributed by atoms with Crippen molar-refractivity contribution in [3.05, 3.63) is 63.6 Å². The van der Waals surface area contributed by atoms with Gasteiger partial charge in [-0.15, -0.1) is 0 Å². The molecule has 186 valence electrons. The molecular weight excluding hydrogens is 491 g/mol. The molecule has 3 atom stereocenters. The maximum Gasteiger partial charge on any atom is 0.272 e. The van der Waals surface area contributed by atoms with Gasteiger partial charge >= 0.3 is 0 Å². The zero-order chi connectivity index (χ0) is 25.9. The number of fused-ring (bicyclic) bond motifs is 1. The maximum atomic E-state index is 13.3. The number of amides is 3. The van der Waals surface area contributed by atoms with Gasteiger partial charge in [-0.05, 0) is 43.5 Å². The zero-order valence-electron chi connectivity index (χ0n) is 19.9. The van der Waals surface area contributed by atoms with Crippen LogP contribution in [0.1, 0.15) is 38.3 Å². The number of rotatable bonds is 7. The van der Waals surface area contributed by atoms with Crippen LogP contribution in [0, 0.1) is 5.92 Å². The molecule has 10 heteroatoms. The Kier molecular flexibility index (Phi) is 8.53. The van der Waals surface area contributed by atoms with Crippen molar-refractivity contribution in [2.24, 2.45) is 10.9 Å². The van der Waals surface area contributed by atoms with E-state index in [4.69, 9.17) is 23.2 Å². The number of halogens is 2. The van der Waals surface area contributed by atoms with Gasteiger partial charge in [-0.1, -0.05) is 55.2 Å². The van der Waals surface area contributed by atoms with E-state index in [-0.39, 0.29) is 12.3 Å². The molecule has 0 saturated carbocycles. The molecule has 0 aliphatic carbocycles. The van der Waals surface area contributed by atoms with Crippen molar-refractivity contribution in [2.75, 3.05) is 11.9 Å². The maximum absolute atomic E-state index is 13.3. The van der Waals surface area contributed by atoms with Gasteiger partial charge in [0.2, 0.25) is 18.0 Å². The van der Waals surface area contributed by atoms with Crippen molar-refractivity contribution < 1.29 is 19.5 Å². The normalized spacial score (nSPS) is 17.3. The van der Waals surface area contributed by atoms with Gasteiger partial charge in [0, 0.05) is 28.2 Å². The summed E-state index contributed by atoms with van der Waals surface area (Å²) in [6.45, 7) is 5.22. The first-order chi connectivity index (χ1) is 16.5. The average molecular weight is 519 g/mol. The van der Waals surface area contributed by atoms with E-state index in [1.54, 1.807) is 49.5 Å². The molecule has 2 aromatic rings. The molecule has 2 aromatic carbocycles. The number of anilines is 1. The van der Waals surface area contributed by atoms with E-state index < -0.39 is 36.0 Å². The van der Waals surface area contributed by atoms with Crippen LogP contribution in [0.5, 0.6) is 0 Å². The number of likely N-dealkylation sites (N-methyl/N-ethyl adjacent to an activating group) is 1. The predicted octanol–water partition coefficient (Wildman–Crippen LogP) is 3.16. The molecule has 0 bridgehead atoms. The van der Waals surface area contributed by atoms with E-state index in [1.807, 2.05) is 13.8 Å². The van der Waals surface area contributed by atoms with Crippen LogP contribution < -0.4 is 15.5 Å². The molecule has 1 heterocycles. The first-order valence-corrected chi connectivity index (χ1v) is 11.9. The van der Waals surface area contributed by atoms with Gasteiger partial charge in [0.15, 0.2) is 0 Å². The van der Waals surface area contributed by atoms with Crippen LogP contribution in [0.25, 0.3) is 0 Å². The second-order valence-corrected chi connectivity index (χ2v) is 9.65. The Morgan fingerprint density at radius 3 is 2.43 bits per heavy atom. The van der Waals surface area contributed by atoms with Crippen LogP contribution in [-0.2, 0) is 14.4 Å². The number of carbonyl (C=O) groups is 3. The van der Waals surface area contributed by atoms with Crippen LogP contribution in [-0.4, -0.2) is 53.9 Å². The highest BCUT2D eigenvalue weighted by molar-refractivity contribution is 6.37. The van der Waals surface area contributed by atoms with E-state index in [1.165, 1.54) is 11.8 Å². The summed E-state index contributed by atoms with van der Waals surface area (Å²) in [4.78, 5) is 44.4. The van der Waals surface area contributed by atoms with Crippen LogP contribution in [0.3, 0.4) is 0 Å². The van der Waals surface area contributed by atoms with Crippen molar-refractivity contribution in [2.45, 2.75) is 45.5 Å². The average Bonchev–Trinajstić information content (AvgIpc) is 2.89. The third kappa shape index (κ3) is 6.20. The first-order valence-electron chi connectivity index (χ1n) is 11.2. The number of aliphatic hydroxyl groups excluding tert-OH is 1. The van der Waals surface area contributed by atoms with Crippen LogP contribution in [0.4, 0.5) is 5.69 Å². The van der Waals surface area contributed by atoms with Gasteiger partial charge in [-0.3, -0.25) is 14.4 Å². The molecule has 35 heavy (non-hydrogen) atoms. The minimum Gasteiger partial charge on any atom is -0.383 e. The number of aliphatic imine (C=N–C) groups is 1. The van der Waals surface area contributed by atoms with Crippen molar-refractivity contribution >= 4 is 52.3 Å². The Hall–Kier alpha value is -2.94. The lowest BCUT2D eigenvalue weighted by molar-refractivity contribution is -0.135. The molecule has 8 nitrogen and oxygen atoms in total. The van der Waals surface area contributed by atoms with Crippen LogP contribution in [0.2, 0.25) is 10.0 Å². The van der Waals surface area contributed by atoms with Gasteiger partial charge in [0.05, 0.1) is 11.4 Å². The van der Waals surface area contributed by atoms with E-state index in [0.29, 0.717) is 32.6 Å². The third-order valence-electron chi connectivity index (χ3n) is 5.56. The minimum absolute atomic E-state index is 0.103. The van der Waals surface area contributed by atoms with Gasteiger partial charge < -0.3 is 20.6 Å². The third-order valence-corrected chi connectivity index (χ3v) is 6.12. The highest BCUT2D eigenvalue weighted by atomic mass is 35.5. The summed E-state index contributed by atoms with van der Waals surface area (Å²) in [6.07, 6.45) is -2.26. The molecule has 1 aliphatic heterocycles. The largest absolute Gasteiger partial charge is 0.383 e. The van der Waals surface area contributed by atoms with Gasteiger partial charge in [0.25, 0.3) is 5.91 Å². The molecule has 0 saturated heterocycles. The predicted molar refractivity (Wildman–Crippen MR) is 137 cm³/mol. The van der Waals surface area contributed by atoms with Crippen molar-refractivity contribution in [1.29, 1.82) is 0 Å². The lowest BCUT2D eigenvalue weighted by Gasteiger charge is -2.23. The first kappa shape index (κ1) is 26.7. The number of benzene rings is 2.